The normalized spacial score (nSPS) is 18.9. The number of halogens is 1. The molecule has 108 valence electrons. The molecule has 1 fully saturated rings. The van der Waals surface area contributed by atoms with Crippen molar-refractivity contribution in [1.82, 2.24) is 4.90 Å². The highest BCUT2D eigenvalue weighted by Crippen LogP contribution is 2.18. The quantitative estimate of drug-likeness (QED) is 0.660. The molecule has 2 rings (SSSR count). The fraction of sp³-hybridized carbons (Fsp3) is 0.462. The minimum absolute atomic E-state index is 0.0145. The summed E-state index contributed by atoms with van der Waals surface area (Å²) in [5, 5.41) is 13.3. The van der Waals surface area contributed by atoms with E-state index in [2.05, 4.69) is 5.32 Å². The van der Waals surface area contributed by atoms with Gasteiger partial charge >= 0.3 is 0 Å². The van der Waals surface area contributed by atoms with Gasteiger partial charge in [0.2, 0.25) is 5.91 Å². The number of amides is 1. The standard InChI is InChI=1S/C13H16FN3O3/c14-7-10-4-5-16(8-10)9-13(18)15-11-2-1-3-12(6-11)17(19)20/h1-3,6,10H,4-5,7-9H2,(H,15,18). The van der Waals surface area contributed by atoms with Crippen LogP contribution in [0.4, 0.5) is 15.8 Å². The molecule has 1 aliphatic rings. The van der Waals surface area contributed by atoms with Crippen LogP contribution in [0.15, 0.2) is 24.3 Å². The van der Waals surface area contributed by atoms with Crippen LogP contribution in [0, 0.1) is 16.0 Å². The molecule has 1 N–H and O–H groups in total. The molecule has 0 bridgehead atoms. The summed E-state index contributed by atoms with van der Waals surface area (Å²) >= 11 is 0. The zero-order valence-electron chi connectivity index (χ0n) is 10.9. The Hall–Kier alpha value is -2.02. The first-order valence-corrected chi connectivity index (χ1v) is 6.41. The minimum atomic E-state index is -0.512. The number of nitrogens with zero attached hydrogens (tertiary/aromatic N) is 2. The van der Waals surface area contributed by atoms with E-state index in [-0.39, 0.29) is 30.7 Å². The summed E-state index contributed by atoms with van der Waals surface area (Å²) in [7, 11) is 0. The highest BCUT2D eigenvalue weighted by atomic mass is 19.1. The Bertz CT molecular complexity index is 509. The average Bonchev–Trinajstić information content (AvgIpc) is 2.86. The summed E-state index contributed by atoms with van der Waals surface area (Å²) in [5.41, 5.74) is 0.326. The number of rotatable bonds is 5. The molecule has 1 saturated heterocycles. The molecule has 7 heteroatoms. The lowest BCUT2D eigenvalue weighted by Crippen LogP contribution is -2.31. The van der Waals surface area contributed by atoms with Gasteiger partial charge in [-0.15, -0.1) is 0 Å². The van der Waals surface area contributed by atoms with Crippen LogP contribution in [0.2, 0.25) is 0 Å². The van der Waals surface area contributed by atoms with Crippen molar-refractivity contribution in [3.8, 4) is 0 Å². The van der Waals surface area contributed by atoms with Gasteiger partial charge in [0.1, 0.15) is 0 Å². The SMILES string of the molecule is O=C(CN1CCC(CF)C1)Nc1cccc([N+](=O)[O-])c1. The molecule has 20 heavy (non-hydrogen) atoms. The van der Waals surface area contributed by atoms with Crippen LogP contribution in [-0.2, 0) is 4.79 Å². The van der Waals surface area contributed by atoms with Gasteiger partial charge in [-0.25, -0.2) is 0 Å². The molecule has 6 nitrogen and oxygen atoms in total. The highest BCUT2D eigenvalue weighted by Gasteiger charge is 2.23. The van der Waals surface area contributed by atoms with Crippen molar-refractivity contribution in [2.45, 2.75) is 6.42 Å². The third kappa shape index (κ3) is 3.74. The van der Waals surface area contributed by atoms with E-state index in [1.54, 1.807) is 6.07 Å². The molecular weight excluding hydrogens is 265 g/mol. The van der Waals surface area contributed by atoms with Gasteiger partial charge in [0.15, 0.2) is 0 Å². The molecule has 1 heterocycles. The second-order valence-corrected chi connectivity index (χ2v) is 4.90. The van der Waals surface area contributed by atoms with Crippen LogP contribution in [0.1, 0.15) is 6.42 Å². The van der Waals surface area contributed by atoms with Crippen molar-refractivity contribution >= 4 is 17.3 Å². The fourth-order valence-electron chi connectivity index (χ4n) is 2.28. The highest BCUT2D eigenvalue weighted by molar-refractivity contribution is 5.92. The van der Waals surface area contributed by atoms with Gasteiger partial charge in [-0.3, -0.25) is 24.2 Å². The van der Waals surface area contributed by atoms with E-state index in [1.807, 2.05) is 4.90 Å². The van der Waals surface area contributed by atoms with Gasteiger partial charge < -0.3 is 5.32 Å². The lowest BCUT2D eigenvalue weighted by Gasteiger charge is -2.14. The summed E-state index contributed by atoms with van der Waals surface area (Å²) in [6.45, 7) is 1.11. The number of nitro benzene ring substituents is 1. The molecule has 1 aromatic carbocycles. The lowest BCUT2D eigenvalue weighted by atomic mass is 10.1. The monoisotopic (exact) mass is 281 g/mol. The van der Waals surface area contributed by atoms with Crippen molar-refractivity contribution in [2.75, 3.05) is 31.6 Å². The number of likely N-dealkylation sites (tertiary alicyclic amines) is 1. The first kappa shape index (κ1) is 14.4. The Morgan fingerprint density at radius 1 is 1.55 bits per heavy atom. The number of benzene rings is 1. The summed E-state index contributed by atoms with van der Waals surface area (Å²) in [5.74, 6) is -0.231. The molecule has 1 aromatic rings. The number of carbonyl (C=O) groups is 1. The van der Waals surface area contributed by atoms with Crippen LogP contribution in [0.25, 0.3) is 0 Å². The van der Waals surface area contributed by atoms with Crippen LogP contribution in [0.3, 0.4) is 0 Å². The Balaban J connectivity index is 1.88. The van der Waals surface area contributed by atoms with Crippen molar-refractivity contribution in [1.29, 1.82) is 0 Å². The van der Waals surface area contributed by atoms with Gasteiger partial charge in [-0.05, 0) is 19.0 Å². The molecule has 1 atom stereocenters. The topological polar surface area (TPSA) is 75.5 Å². The lowest BCUT2D eigenvalue weighted by molar-refractivity contribution is -0.384. The molecular formula is C13H16FN3O3. The van der Waals surface area contributed by atoms with E-state index in [4.69, 9.17) is 0 Å². The Labute approximate surface area is 115 Å². The maximum atomic E-state index is 12.5. The molecule has 1 aliphatic heterocycles. The van der Waals surface area contributed by atoms with Crippen molar-refractivity contribution in [2.24, 2.45) is 5.92 Å². The summed E-state index contributed by atoms with van der Waals surface area (Å²) in [6.07, 6.45) is 0.764. The minimum Gasteiger partial charge on any atom is -0.325 e. The van der Waals surface area contributed by atoms with Crippen molar-refractivity contribution in [3.05, 3.63) is 34.4 Å². The first-order valence-electron chi connectivity index (χ1n) is 6.41. The van der Waals surface area contributed by atoms with E-state index >= 15 is 0 Å². The Kier molecular flexibility index (Phi) is 4.62. The van der Waals surface area contributed by atoms with Crippen LogP contribution in [-0.4, -0.2) is 42.0 Å². The number of hydrogen-bond acceptors (Lipinski definition) is 4. The number of alkyl halides is 1. The molecule has 0 spiro atoms. The van der Waals surface area contributed by atoms with Gasteiger partial charge in [0.05, 0.1) is 18.1 Å². The number of non-ortho nitro benzene ring substituents is 1. The predicted molar refractivity (Wildman–Crippen MR) is 72.2 cm³/mol. The number of nitro groups is 1. The fourth-order valence-corrected chi connectivity index (χ4v) is 2.28. The largest absolute Gasteiger partial charge is 0.325 e. The maximum Gasteiger partial charge on any atom is 0.271 e. The van der Waals surface area contributed by atoms with Crippen LogP contribution < -0.4 is 5.32 Å². The zero-order valence-corrected chi connectivity index (χ0v) is 10.9. The number of anilines is 1. The summed E-state index contributed by atoms with van der Waals surface area (Å²) in [4.78, 5) is 23.8. The first-order chi connectivity index (χ1) is 9.58. The Morgan fingerprint density at radius 3 is 3.00 bits per heavy atom. The van der Waals surface area contributed by atoms with Gasteiger partial charge in [-0.1, -0.05) is 6.07 Å². The van der Waals surface area contributed by atoms with Gasteiger partial charge in [-0.2, -0.15) is 0 Å². The van der Waals surface area contributed by atoms with E-state index in [0.29, 0.717) is 18.8 Å². The summed E-state index contributed by atoms with van der Waals surface area (Å²) < 4.78 is 12.5. The molecule has 0 radical (unpaired) electrons. The molecule has 0 aliphatic carbocycles. The smallest absolute Gasteiger partial charge is 0.271 e. The third-order valence-corrected chi connectivity index (χ3v) is 3.30. The molecule has 1 unspecified atom stereocenters. The van der Waals surface area contributed by atoms with E-state index in [9.17, 15) is 19.3 Å². The summed E-state index contributed by atoms with van der Waals surface area (Å²) in [6, 6.07) is 5.79. The van der Waals surface area contributed by atoms with Crippen LogP contribution in [0.5, 0.6) is 0 Å². The zero-order chi connectivity index (χ0) is 14.5. The molecule has 1 amide bonds. The second-order valence-electron chi connectivity index (χ2n) is 4.90. The molecule has 0 saturated carbocycles. The van der Waals surface area contributed by atoms with Gasteiger partial charge in [0.25, 0.3) is 5.69 Å². The van der Waals surface area contributed by atoms with Crippen molar-refractivity contribution < 1.29 is 14.1 Å². The third-order valence-electron chi connectivity index (χ3n) is 3.30. The number of carbonyl (C=O) groups excluding carboxylic acids is 1. The average molecular weight is 281 g/mol. The maximum absolute atomic E-state index is 12.5. The second kappa shape index (κ2) is 6.42. The van der Waals surface area contributed by atoms with Crippen LogP contribution >= 0.6 is 0 Å². The van der Waals surface area contributed by atoms with E-state index in [0.717, 1.165) is 6.42 Å². The Morgan fingerprint density at radius 2 is 2.35 bits per heavy atom. The number of nitrogens with one attached hydrogen (secondary N) is 1. The van der Waals surface area contributed by atoms with E-state index < -0.39 is 4.92 Å². The predicted octanol–water partition coefficient (Wildman–Crippen LogP) is 1.82. The number of hydrogen-bond donors (Lipinski definition) is 1. The van der Waals surface area contributed by atoms with Crippen molar-refractivity contribution in [3.63, 3.8) is 0 Å². The van der Waals surface area contributed by atoms with E-state index in [1.165, 1.54) is 18.2 Å². The molecule has 0 aromatic heterocycles. The van der Waals surface area contributed by atoms with Gasteiger partial charge in [0, 0.05) is 30.3 Å².